The number of carbonyl (C=O) groups is 2. The quantitative estimate of drug-likeness (QED) is 0.616. The van der Waals surface area contributed by atoms with Crippen molar-refractivity contribution in [1.29, 1.82) is 0 Å². The van der Waals surface area contributed by atoms with E-state index >= 15 is 0 Å². The Kier molecular flexibility index (Phi) is 2.38. The van der Waals surface area contributed by atoms with Crippen LogP contribution in [0.5, 0.6) is 0 Å². The Balaban J connectivity index is 2.13. The number of amides is 3. The molecular weight excluding hydrogens is 248 g/mol. The Morgan fingerprint density at radius 2 is 1.89 bits per heavy atom. The third-order valence-electron chi connectivity index (χ3n) is 3.00. The first-order chi connectivity index (χ1) is 9.06. The topological polar surface area (TPSA) is 79.6 Å². The summed E-state index contributed by atoms with van der Waals surface area (Å²) in [5, 5.41) is 3.25. The second-order valence-corrected chi connectivity index (χ2v) is 4.32. The molecule has 3 amide bonds. The molecule has 0 saturated carbocycles. The van der Waals surface area contributed by atoms with Crippen molar-refractivity contribution in [3.63, 3.8) is 0 Å². The van der Waals surface area contributed by atoms with E-state index in [0.717, 1.165) is 10.3 Å². The molecule has 0 aliphatic carbocycles. The minimum atomic E-state index is -0.550. The third-order valence-corrected chi connectivity index (χ3v) is 3.00. The summed E-state index contributed by atoms with van der Waals surface area (Å²) >= 11 is 0. The first kappa shape index (κ1) is 11.5. The zero-order valence-electron chi connectivity index (χ0n) is 10.0. The first-order valence-electron chi connectivity index (χ1n) is 5.74. The number of nitrogens with zero attached hydrogens (tertiary/aromatic N) is 1. The summed E-state index contributed by atoms with van der Waals surface area (Å²) in [6.07, 6.45) is 0. The number of benzene rings is 1. The minimum Gasteiger partial charge on any atom is -0.423 e. The van der Waals surface area contributed by atoms with Gasteiger partial charge in [0.05, 0.1) is 5.69 Å². The van der Waals surface area contributed by atoms with E-state index in [2.05, 4.69) is 5.32 Å². The normalized spacial score (nSPS) is 19.0. The van der Waals surface area contributed by atoms with Gasteiger partial charge in [0.25, 0.3) is 5.91 Å². The lowest BCUT2D eigenvalue weighted by molar-refractivity contribution is -0.117. The Morgan fingerprint density at radius 3 is 2.58 bits per heavy atom. The van der Waals surface area contributed by atoms with Gasteiger partial charge in [-0.1, -0.05) is 0 Å². The van der Waals surface area contributed by atoms with E-state index in [0.29, 0.717) is 11.3 Å². The minimum absolute atomic E-state index is 0.331. The number of nitrogens with one attached hydrogen (secondary N) is 1. The van der Waals surface area contributed by atoms with Crippen LogP contribution in [0.25, 0.3) is 11.0 Å². The fourth-order valence-corrected chi connectivity index (χ4v) is 2.04. The molecule has 2 heterocycles. The highest BCUT2D eigenvalue weighted by molar-refractivity contribution is 6.21. The van der Waals surface area contributed by atoms with Gasteiger partial charge in [0.15, 0.2) is 0 Å². The summed E-state index contributed by atoms with van der Waals surface area (Å²) in [4.78, 5) is 35.8. The van der Waals surface area contributed by atoms with Gasteiger partial charge in [0.2, 0.25) is 0 Å². The Hall–Kier alpha value is -2.63. The van der Waals surface area contributed by atoms with Crippen molar-refractivity contribution in [3.05, 3.63) is 40.8 Å². The lowest BCUT2D eigenvalue weighted by Crippen LogP contribution is -2.30. The molecule has 0 bridgehead atoms. The Labute approximate surface area is 107 Å². The van der Waals surface area contributed by atoms with Gasteiger partial charge < -0.3 is 9.73 Å². The number of fused-ring (bicyclic) bond motifs is 1. The fraction of sp³-hybridized carbons (Fsp3) is 0.154. The summed E-state index contributed by atoms with van der Waals surface area (Å²) < 4.78 is 5.03. The van der Waals surface area contributed by atoms with Crippen molar-refractivity contribution in [2.24, 2.45) is 0 Å². The summed E-state index contributed by atoms with van der Waals surface area (Å²) in [5.74, 6) is -0.331. The summed E-state index contributed by atoms with van der Waals surface area (Å²) in [6.45, 7) is 1.61. The van der Waals surface area contributed by atoms with Gasteiger partial charge in [-0.05, 0) is 25.1 Å². The smallest absolute Gasteiger partial charge is 0.336 e. The van der Waals surface area contributed by atoms with E-state index in [9.17, 15) is 14.4 Å². The van der Waals surface area contributed by atoms with Crippen LogP contribution in [-0.4, -0.2) is 18.0 Å². The van der Waals surface area contributed by atoms with E-state index in [1.807, 2.05) is 0 Å². The number of imide groups is 1. The molecule has 1 fully saturated rings. The second kappa shape index (κ2) is 3.94. The number of rotatable bonds is 1. The molecule has 3 rings (SSSR count). The standard InChI is InChI=1S/C13H10N2O4/c1-7-12(17)15(13(18)14-7)9-4-2-8-3-5-11(16)19-10(8)6-9/h2-7H,1H3,(H,14,18). The van der Waals surface area contributed by atoms with Crippen molar-refractivity contribution in [1.82, 2.24) is 5.32 Å². The van der Waals surface area contributed by atoms with Crippen LogP contribution in [-0.2, 0) is 4.79 Å². The lowest BCUT2D eigenvalue weighted by Gasteiger charge is -2.12. The van der Waals surface area contributed by atoms with Crippen LogP contribution in [0.4, 0.5) is 10.5 Å². The third kappa shape index (κ3) is 1.77. The molecule has 1 aliphatic rings. The van der Waals surface area contributed by atoms with Gasteiger partial charge in [-0.3, -0.25) is 4.79 Å². The average molecular weight is 258 g/mol. The zero-order valence-corrected chi connectivity index (χ0v) is 10.0. The van der Waals surface area contributed by atoms with Crippen LogP contribution in [0.1, 0.15) is 6.92 Å². The molecule has 2 aromatic rings. The number of hydrogen-bond acceptors (Lipinski definition) is 4. The summed E-state index contributed by atoms with van der Waals surface area (Å²) in [7, 11) is 0. The van der Waals surface area contributed by atoms with Crippen LogP contribution in [0, 0.1) is 0 Å². The molecule has 6 nitrogen and oxygen atoms in total. The molecule has 0 spiro atoms. The molecule has 1 atom stereocenters. The molecule has 6 heteroatoms. The van der Waals surface area contributed by atoms with Crippen molar-refractivity contribution in [3.8, 4) is 0 Å². The number of hydrogen-bond donors (Lipinski definition) is 1. The highest BCUT2D eigenvalue weighted by atomic mass is 16.4. The van der Waals surface area contributed by atoms with Gasteiger partial charge >= 0.3 is 11.7 Å². The predicted octanol–water partition coefficient (Wildman–Crippen LogP) is 1.24. The van der Waals surface area contributed by atoms with Crippen LogP contribution in [0.2, 0.25) is 0 Å². The van der Waals surface area contributed by atoms with Crippen molar-refractivity contribution in [2.45, 2.75) is 13.0 Å². The maximum Gasteiger partial charge on any atom is 0.336 e. The van der Waals surface area contributed by atoms with Crippen molar-refractivity contribution < 1.29 is 14.0 Å². The maximum atomic E-state index is 11.9. The van der Waals surface area contributed by atoms with Crippen LogP contribution in [0.15, 0.2) is 39.5 Å². The molecule has 1 unspecified atom stereocenters. The van der Waals surface area contributed by atoms with Gasteiger partial charge in [-0.15, -0.1) is 0 Å². The Bertz CT molecular complexity index is 750. The van der Waals surface area contributed by atoms with Gasteiger partial charge in [0.1, 0.15) is 11.6 Å². The molecular formula is C13H10N2O4. The Morgan fingerprint density at radius 1 is 1.16 bits per heavy atom. The van der Waals surface area contributed by atoms with Gasteiger partial charge in [-0.2, -0.15) is 0 Å². The molecule has 19 heavy (non-hydrogen) atoms. The van der Waals surface area contributed by atoms with E-state index < -0.39 is 17.7 Å². The fourth-order valence-electron chi connectivity index (χ4n) is 2.04. The number of carbonyl (C=O) groups excluding carboxylic acids is 2. The number of urea groups is 1. The molecule has 1 aromatic carbocycles. The summed E-state index contributed by atoms with van der Waals surface area (Å²) in [5.41, 5.74) is 0.245. The summed E-state index contributed by atoms with van der Waals surface area (Å²) in [6, 6.07) is 6.75. The van der Waals surface area contributed by atoms with E-state index in [4.69, 9.17) is 4.42 Å². The molecule has 1 aliphatic heterocycles. The highest BCUT2D eigenvalue weighted by Gasteiger charge is 2.36. The van der Waals surface area contributed by atoms with Gasteiger partial charge in [-0.25, -0.2) is 14.5 Å². The van der Waals surface area contributed by atoms with Gasteiger partial charge in [0, 0.05) is 17.5 Å². The van der Waals surface area contributed by atoms with Crippen LogP contribution >= 0.6 is 0 Å². The number of anilines is 1. The maximum absolute atomic E-state index is 11.9. The lowest BCUT2D eigenvalue weighted by atomic mass is 10.2. The predicted molar refractivity (Wildman–Crippen MR) is 68.0 cm³/mol. The molecule has 1 saturated heterocycles. The first-order valence-corrected chi connectivity index (χ1v) is 5.74. The highest BCUT2D eigenvalue weighted by Crippen LogP contribution is 2.24. The largest absolute Gasteiger partial charge is 0.423 e. The SMILES string of the molecule is CC1NC(=O)N(c2ccc3ccc(=O)oc3c2)C1=O. The van der Waals surface area contributed by atoms with Crippen molar-refractivity contribution in [2.75, 3.05) is 4.90 Å². The monoisotopic (exact) mass is 258 g/mol. The van der Waals surface area contributed by atoms with E-state index in [1.165, 1.54) is 12.1 Å². The second-order valence-electron chi connectivity index (χ2n) is 4.32. The van der Waals surface area contributed by atoms with Crippen molar-refractivity contribution >= 4 is 28.6 Å². The molecule has 1 aromatic heterocycles. The van der Waals surface area contributed by atoms with Crippen LogP contribution < -0.4 is 15.8 Å². The molecule has 96 valence electrons. The average Bonchev–Trinajstić information content (AvgIpc) is 2.62. The van der Waals surface area contributed by atoms with E-state index in [-0.39, 0.29) is 5.91 Å². The zero-order chi connectivity index (χ0) is 13.6. The van der Waals surface area contributed by atoms with Crippen LogP contribution in [0.3, 0.4) is 0 Å². The molecule has 1 N–H and O–H groups in total. The molecule has 0 radical (unpaired) electrons. The van der Waals surface area contributed by atoms with E-state index in [1.54, 1.807) is 25.1 Å².